The van der Waals surface area contributed by atoms with Gasteiger partial charge in [-0.2, -0.15) is 0 Å². The highest BCUT2D eigenvalue weighted by atomic mass is 16.7. The highest BCUT2D eigenvalue weighted by molar-refractivity contribution is 6.06. The normalized spacial score (nSPS) is 20.9. The number of alkyl carbamates (subject to hydrolysis) is 1. The van der Waals surface area contributed by atoms with Gasteiger partial charge in [0.25, 0.3) is 5.91 Å². The van der Waals surface area contributed by atoms with Gasteiger partial charge in [0, 0.05) is 24.1 Å². The number of rotatable bonds is 13. The molecule has 2 aliphatic heterocycles. The van der Waals surface area contributed by atoms with Crippen LogP contribution in [0.2, 0.25) is 0 Å². The number of nitrogens with zero attached hydrogens (tertiary/aromatic N) is 2. The van der Waals surface area contributed by atoms with Gasteiger partial charge in [-0.05, 0) is 81.9 Å². The Morgan fingerprint density at radius 2 is 1.49 bits per heavy atom. The van der Waals surface area contributed by atoms with Gasteiger partial charge in [0.1, 0.15) is 12.6 Å². The van der Waals surface area contributed by atoms with Crippen molar-refractivity contribution in [2.24, 2.45) is 5.92 Å². The molecule has 8 rings (SSSR count). The first-order valence-corrected chi connectivity index (χ1v) is 20.8. The molecule has 0 aromatic heterocycles. The van der Waals surface area contributed by atoms with Crippen LogP contribution in [0.15, 0.2) is 146 Å². The number of carbonyl (C=O) groups excluding carboxylic acids is 3. The van der Waals surface area contributed by atoms with E-state index in [0.717, 1.165) is 38.9 Å². The molecule has 6 atom stereocenters. The topological polar surface area (TPSA) is 118 Å². The highest BCUT2D eigenvalue weighted by Gasteiger charge is 2.41. The highest BCUT2D eigenvalue weighted by Crippen LogP contribution is 2.43. The number of imide groups is 1. The Hall–Kier alpha value is -6.17. The molecular formula is C51H51N3O7. The zero-order chi connectivity index (χ0) is 42.5. The number of likely N-dealkylation sites (tertiary alicyclic amines) is 1. The van der Waals surface area contributed by atoms with Gasteiger partial charge in [0.15, 0.2) is 6.29 Å². The van der Waals surface area contributed by atoms with E-state index in [2.05, 4.69) is 79.6 Å². The van der Waals surface area contributed by atoms with Crippen LogP contribution in [0.4, 0.5) is 4.79 Å². The van der Waals surface area contributed by atoms with Crippen LogP contribution >= 0.6 is 0 Å². The van der Waals surface area contributed by atoms with Crippen molar-refractivity contribution >= 4 is 28.7 Å². The first kappa shape index (κ1) is 41.6. The van der Waals surface area contributed by atoms with Gasteiger partial charge < -0.3 is 24.6 Å². The van der Waals surface area contributed by atoms with E-state index in [-0.39, 0.29) is 56.3 Å². The predicted octanol–water partition coefficient (Wildman–Crippen LogP) is 9.04. The number of likely N-dealkylation sites (N-methyl/N-ethyl adjacent to an activating group) is 1. The Balaban J connectivity index is 0.978. The van der Waals surface area contributed by atoms with E-state index in [9.17, 15) is 19.5 Å². The molecule has 0 aliphatic carbocycles. The fourth-order valence-electron chi connectivity index (χ4n) is 8.26. The van der Waals surface area contributed by atoms with Crippen LogP contribution in [-0.4, -0.2) is 58.6 Å². The van der Waals surface area contributed by atoms with E-state index >= 15 is 0 Å². The molecular weight excluding hydrogens is 767 g/mol. The zero-order valence-corrected chi connectivity index (χ0v) is 34.6. The van der Waals surface area contributed by atoms with Crippen molar-refractivity contribution in [1.82, 2.24) is 15.1 Å². The number of amides is 3. The van der Waals surface area contributed by atoms with Gasteiger partial charge in [-0.1, -0.05) is 134 Å². The molecule has 2 aliphatic rings. The molecule has 3 amide bonds. The lowest BCUT2D eigenvalue weighted by molar-refractivity contribution is -0.276. The molecule has 6 aromatic rings. The minimum absolute atomic E-state index is 0.00749. The van der Waals surface area contributed by atoms with E-state index in [1.165, 1.54) is 21.2 Å². The van der Waals surface area contributed by atoms with Crippen molar-refractivity contribution in [3.8, 4) is 11.1 Å². The Labute approximate surface area is 356 Å². The average molecular weight is 818 g/mol. The quantitative estimate of drug-likeness (QED) is 0.111. The van der Waals surface area contributed by atoms with E-state index in [1.807, 2.05) is 97.1 Å². The van der Waals surface area contributed by atoms with Crippen LogP contribution < -0.4 is 5.32 Å². The third kappa shape index (κ3) is 9.58. The van der Waals surface area contributed by atoms with Crippen LogP contribution in [0, 0.1) is 5.92 Å². The maximum absolute atomic E-state index is 13.3. The van der Waals surface area contributed by atoms with Crippen LogP contribution in [0.5, 0.6) is 0 Å². The van der Waals surface area contributed by atoms with Crippen molar-refractivity contribution in [1.29, 1.82) is 0 Å². The molecule has 10 nitrogen and oxygen atoms in total. The van der Waals surface area contributed by atoms with Crippen molar-refractivity contribution in [2.75, 3.05) is 13.6 Å². The van der Waals surface area contributed by atoms with Crippen molar-refractivity contribution in [3.63, 3.8) is 0 Å². The summed E-state index contributed by atoms with van der Waals surface area (Å²) in [6.45, 7) is 5.16. The summed E-state index contributed by atoms with van der Waals surface area (Å²) in [5, 5.41) is 14.7. The van der Waals surface area contributed by atoms with Crippen LogP contribution in [-0.2, 0) is 43.6 Å². The third-order valence-electron chi connectivity index (χ3n) is 12.0. The van der Waals surface area contributed by atoms with Gasteiger partial charge in [0.2, 0.25) is 5.91 Å². The largest absolute Gasteiger partial charge is 0.445 e. The van der Waals surface area contributed by atoms with E-state index in [0.29, 0.717) is 6.54 Å². The van der Waals surface area contributed by atoms with Gasteiger partial charge in [0.05, 0.1) is 31.8 Å². The number of aliphatic hydroxyl groups is 1. The molecule has 61 heavy (non-hydrogen) atoms. The SMILES string of the molecule is CC1C(CN(C)C(C)c2ccc3ccccc3c2)OC(c2cccc(-c3cccc(CN4C(=O)CC(NC(=O)OCc5ccccc5)C4=O)c3)c2)OC1c1ccc(CO)cc1. The summed E-state index contributed by atoms with van der Waals surface area (Å²) in [7, 11) is 2.14. The summed E-state index contributed by atoms with van der Waals surface area (Å²) in [6, 6.07) is 47.2. The molecule has 0 bridgehead atoms. The van der Waals surface area contributed by atoms with Gasteiger partial charge in [-0.15, -0.1) is 0 Å². The number of aliphatic hydroxyl groups excluding tert-OH is 1. The lowest BCUT2D eigenvalue weighted by Gasteiger charge is -2.43. The molecule has 6 unspecified atom stereocenters. The van der Waals surface area contributed by atoms with Crippen LogP contribution in [0.1, 0.15) is 72.1 Å². The number of hydrogen-bond donors (Lipinski definition) is 2. The molecule has 2 fully saturated rings. The summed E-state index contributed by atoms with van der Waals surface area (Å²) in [6.07, 6.45) is -2.00. The molecule has 10 heteroatoms. The van der Waals surface area contributed by atoms with E-state index in [4.69, 9.17) is 14.2 Å². The maximum Gasteiger partial charge on any atom is 0.408 e. The van der Waals surface area contributed by atoms with Gasteiger partial charge in [-0.25, -0.2) is 4.79 Å². The predicted molar refractivity (Wildman–Crippen MR) is 234 cm³/mol. The fraction of sp³-hybridized carbons (Fsp3) is 0.275. The summed E-state index contributed by atoms with van der Waals surface area (Å²) in [5.74, 6) is -0.825. The van der Waals surface area contributed by atoms with Crippen LogP contribution in [0.25, 0.3) is 21.9 Å². The fourth-order valence-corrected chi connectivity index (χ4v) is 8.26. The smallest absolute Gasteiger partial charge is 0.408 e. The molecule has 2 N–H and O–H groups in total. The lowest BCUT2D eigenvalue weighted by Crippen LogP contribution is -2.44. The second-order valence-electron chi connectivity index (χ2n) is 16.2. The van der Waals surface area contributed by atoms with E-state index in [1.54, 1.807) is 0 Å². The molecule has 2 saturated heterocycles. The second-order valence-corrected chi connectivity index (χ2v) is 16.2. The molecule has 0 radical (unpaired) electrons. The first-order chi connectivity index (χ1) is 29.6. The number of nitrogens with one attached hydrogen (secondary N) is 1. The first-order valence-electron chi connectivity index (χ1n) is 20.8. The van der Waals surface area contributed by atoms with Gasteiger partial charge in [-0.3, -0.25) is 19.4 Å². The Morgan fingerprint density at radius 3 is 2.26 bits per heavy atom. The minimum atomic E-state index is -0.990. The standard InChI is InChI=1S/C51H51N3O7/c1-33-46(30-53(3)34(2)40-24-23-38-14-7-8-15-42(38)26-40)60-50(61-48(33)39-21-19-35(31-55)20-22-39)44-18-10-17-43(27-44)41-16-9-13-37(25-41)29-54-47(56)28-45(49(54)57)52-51(58)59-32-36-11-5-4-6-12-36/h4-27,33-34,45-46,48,50,55H,28-32H2,1-3H3,(H,52,58). The number of fused-ring (bicyclic) bond motifs is 1. The molecule has 2 heterocycles. The summed E-state index contributed by atoms with van der Waals surface area (Å²) < 4.78 is 19.0. The third-order valence-corrected chi connectivity index (χ3v) is 12.0. The number of benzene rings is 6. The number of ether oxygens (including phenoxy) is 3. The molecule has 6 aromatic carbocycles. The van der Waals surface area contributed by atoms with Gasteiger partial charge >= 0.3 is 6.09 Å². The van der Waals surface area contributed by atoms with Crippen molar-refractivity contribution < 1.29 is 33.7 Å². The Kier molecular flexibility index (Phi) is 12.7. The van der Waals surface area contributed by atoms with E-state index < -0.39 is 24.3 Å². The maximum atomic E-state index is 13.3. The summed E-state index contributed by atoms with van der Waals surface area (Å²) in [4.78, 5) is 42.4. The molecule has 312 valence electrons. The Morgan fingerprint density at radius 1 is 0.787 bits per heavy atom. The Bertz CT molecular complexity index is 2490. The number of carbonyl (C=O) groups is 3. The van der Waals surface area contributed by atoms with Crippen molar-refractivity contribution in [3.05, 3.63) is 179 Å². The number of hydrogen-bond acceptors (Lipinski definition) is 8. The summed E-state index contributed by atoms with van der Waals surface area (Å²) in [5.41, 5.74) is 7.36. The molecule has 0 saturated carbocycles. The molecule has 0 spiro atoms. The monoisotopic (exact) mass is 817 g/mol. The second kappa shape index (κ2) is 18.6. The summed E-state index contributed by atoms with van der Waals surface area (Å²) >= 11 is 0. The lowest BCUT2D eigenvalue weighted by atomic mass is 9.89. The van der Waals surface area contributed by atoms with Crippen LogP contribution in [0.3, 0.4) is 0 Å². The zero-order valence-electron chi connectivity index (χ0n) is 34.6. The van der Waals surface area contributed by atoms with Crippen molar-refractivity contribution in [2.45, 2.75) is 70.6 Å². The average Bonchev–Trinajstić information content (AvgIpc) is 3.55. The minimum Gasteiger partial charge on any atom is -0.445 e.